The van der Waals surface area contributed by atoms with Crippen LogP contribution < -0.4 is 5.73 Å². The second-order valence-corrected chi connectivity index (χ2v) is 6.38. The molecule has 8 heteroatoms. The number of nitrogens with two attached hydrogens (primary N) is 1. The van der Waals surface area contributed by atoms with Crippen molar-refractivity contribution in [1.82, 2.24) is 4.90 Å². The molecule has 0 bridgehead atoms. The van der Waals surface area contributed by atoms with Crippen molar-refractivity contribution in [3.8, 4) is 0 Å². The third-order valence-corrected chi connectivity index (χ3v) is 3.58. The Balaban J connectivity index is 0.00000220. The van der Waals surface area contributed by atoms with E-state index in [2.05, 4.69) is 0 Å². The number of likely N-dealkylation sites (tertiary alicyclic amines) is 1. The van der Waals surface area contributed by atoms with Crippen LogP contribution in [0.15, 0.2) is 0 Å². The number of ether oxygens (including phenoxy) is 3. The molecule has 0 aromatic rings. The molecule has 0 aromatic carbocycles. The minimum absolute atomic E-state index is 0. The van der Waals surface area contributed by atoms with Crippen LogP contribution in [-0.4, -0.2) is 61.0 Å². The Hall–Kier alpha value is -1.05. The van der Waals surface area contributed by atoms with Gasteiger partial charge in [-0.25, -0.2) is 4.79 Å². The summed E-state index contributed by atoms with van der Waals surface area (Å²) in [5.74, 6) is -0.926. The van der Waals surface area contributed by atoms with Gasteiger partial charge in [-0.15, -0.1) is 12.4 Å². The van der Waals surface area contributed by atoms with Crippen molar-refractivity contribution in [1.29, 1.82) is 0 Å². The lowest BCUT2D eigenvalue weighted by Gasteiger charge is -2.49. The van der Waals surface area contributed by atoms with E-state index in [9.17, 15) is 9.59 Å². The highest BCUT2D eigenvalue weighted by Gasteiger charge is 2.61. The fraction of sp³-hybridized carbons (Fsp3) is 0.846. The van der Waals surface area contributed by atoms with E-state index < -0.39 is 29.3 Å². The summed E-state index contributed by atoms with van der Waals surface area (Å²) in [6.07, 6.45) is -0.407. The molecule has 2 rings (SSSR count). The number of rotatable bonds is 1. The molecular weight excluding hydrogens is 300 g/mol. The Labute approximate surface area is 130 Å². The lowest BCUT2D eigenvalue weighted by Crippen LogP contribution is -2.68. The SMILES string of the molecule is COC(=O)C1C(N)COC12CN(C(=O)OC(C)(C)C)C2.Cl. The number of methoxy groups -OCH3 is 1. The average molecular weight is 323 g/mol. The third kappa shape index (κ3) is 3.41. The lowest BCUT2D eigenvalue weighted by molar-refractivity contribution is -0.166. The molecule has 2 saturated heterocycles. The van der Waals surface area contributed by atoms with Gasteiger partial charge in [0, 0.05) is 6.04 Å². The number of hydrogen-bond donors (Lipinski definition) is 1. The second kappa shape index (κ2) is 5.98. The van der Waals surface area contributed by atoms with E-state index in [4.69, 9.17) is 19.9 Å². The zero-order chi connectivity index (χ0) is 15.1. The summed E-state index contributed by atoms with van der Waals surface area (Å²) in [5.41, 5.74) is 4.64. The van der Waals surface area contributed by atoms with Crippen molar-refractivity contribution >= 4 is 24.5 Å². The topological polar surface area (TPSA) is 91.1 Å². The number of carbonyl (C=O) groups excluding carboxylic acids is 2. The molecule has 0 aromatic heterocycles. The lowest BCUT2D eigenvalue weighted by atomic mass is 9.79. The van der Waals surface area contributed by atoms with Crippen LogP contribution in [0.2, 0.25) is 0 Å². The number of nitrogens with zero attached hydrogens (tertiary/aromatic N) is 1. The first kappa shape index (κ1) is 18.0. The molecule has 2 aliphatic rings. The molecule has 21 heavy (non-hydrogen) atoms. The minimum atomic E-state index is -0.719. The monoisotopic (exact) mass is 322 g/mol. The van der Waals surface area contributed by atoms with Gasteiger partial charge in [-0.1, -0.05) is 0 Å². The molecule has 2 fully saturated rings. The Morgan fingerprint density at radius 3 is 2.38 bits per heavy atom. The zero-order valence-corrected chi connectivity index (χ0v) is 13.6. The van der Waals surface area contributed by atoms with Crippen molar-refractivity contribution in [2.24, 2.45) is 11.7 Å². The molecule has 1 amide bonds. The number of carbonyl (C=O) groups is 2. The normalized spacial score (nSPS) is 26.8. The molecule has 2 unspecified atom stereocenters. The summed E-state index contributed by atoms with van der Waals surface area (Å²) in [7, 11) is 1.32. The van der Waals surface area contributed by atoms with Crippen LogP contribution in [0.4, 0.5) is 4.79 Å². The van der Waals surface area contributed by atoms with E-state index in [1.165, 1.54) is 12.0 Å². The van der Waals surface area contributed by atoms with Gasteiger partial charge in [0.25, 0.3) is 0 Å². The first-order chi connectivity index (χ1) is 9.18. The fourth-order valence-electron chi connectivity index (χ4n) is 2.70. The second-order valence-electron chi connectivity index (χ2n) is 6.38. The van der Waals surface area contributed by atoms with E-state index in [-0.39, 0.29) is 18.4 Å². The first-order valence-electron chi connectivity index (χ1n) is 6.64. The maximum Gasteiger partial charge on any atom is 0.410 e. The Kier molecular flexibility index (Phi) is 5.13. The van der Waals surface area contributed by atoms with Gasteiger partial charge in [0.2, 0.25) is 0 Å². The molecule has 2 atom stereocenters. The highest BCUT2D eigenvalue weighted by Crippen LogP contribution is 2.40. The van der Waals surface area contributed by atoms with Crippen LogP contribution in [0.3, 0.4) is 0 Å². The fourth-order valence-corrected chi connectivity index (χ4v) is 2.70. The van der Waals surface area contributed by atoms with Gasteiger partial charge in [0.05, 0.1) is 26.8 Å². The van der Waals surface area contributed by atoms with Gasteiger partial charge < -0.3 is 24.8 Å². The smallest absolute Gasteiger partial charge is 0.410 e. The van der Waals surface area contributed by atoms with E-state index in [1.807, 2.05) is 0 Å². The molecule has 7 nitrogen and oxygen atoms in total. The summed E-state index contributed by atoms with van der Waals surface area (Å²) < 4.78 is 15.7. The molecule has 0 radical (unpaired) electrons. The largest absolute Gasteiger partial charge is 0.469 e. The molecule has 1 spiro atoms. The first-order valence-corrected chi connectivity index (χ1v) is 6.64. The molecule has 0 aliphatic carbocycles. The Morgan fingerprint density at radius 1 is 1.33 bits per heavy atom. The minimum Gasteiger partial charge on any atom is -0.469 e. The van der Waals surface area contributed by atoms with Crippen molar-refractivity contribution in [2.75, 3.05) is 26.8 Å². The maximum atomic E-state index is 11.9. The Bertz CT molecular complexity index is 417. The summed E-state index contributed by atoms with van der Waals surface area (Å²) in [6, 6.07) is -0.400. The quantitative estimate of drug-likeness (QED) is 0.709. The van der Waals surface area contributed by atoms with Gasteiger partial charge in [-0.3, -0.25) is 4.79 Å². The van der Waals surface area contributed by atoms with Crippen molar-refractivity contribution in [2.45, 2.75) is 38.0 Å². The highest BCUT2D eigenvalue weighted by molar-refractivity contribution is 5.85. The summed E-state index contributed by atoms with van der Waals surface area (Å²) >= 11 is 0. The number of amides is 1. The van der Waals surface area contributed by atoms with E-state index in [0.717, 1.165) is 0 Å². The standard InChI is InChI=1S/C13H22N2O5.ClH/c1-12(2,3)20-11(17)15-6-13(7-15)9(10(16)18-4)8(14)5-19-13;/h8-9H,5-7,14H2,1-4H3;1H. The van der Waals surface area contributed by atoms with Crippen molar-refractivity contribution in [3.05, 3.63) is 0 Å². The van der Waals surface area contributed by atoms with Crippen LogP contribution >= 0.6 is 12.4 Å². The average Bonchev–Trinajstić information content (AvgIpc) is 2.61. The number of esters is 1. The van der Waals surface area contributed by atoms with Gasteiger partial charge >= 0.3 is 12.1 Å². The number of halogens is 1. The molecular formula is C13H23ClN2O5. The summed E-state index contributed by atoms with van der Waals surface area (Å²) in [6.45, 7) is 6.31. The molecule has 2 heterocycles. The van der Waals surface area contributed by atoms with E-state index >= 15 is 0 Å². The summed E-state index contributed by atoms with van der Waals surface area (Å²) in [5, 5.41) is 0. The third-order valence-electron chi connectivity index (χ3n) is 3.58. The summed E-state index contributed by atoms with van der Waals surface area (Å²) in [4.78, 5) is 25.2. The van der Waals surface area contributed by atoms with Gasteiger partial charge in [-0.05, 0) is 20.8 Å². The van der Waals surface area contributed by atoms with Crippen LogP contribution in [-0.2, 0) is 19.0 Å². The van der Waals surface area contributed by atoms with Gasteiger partial charge in [0.1, 0.15) is 17.1 Å². The van der Waals surface area contributed by atoms with Crippen LogP contribution in [0, 0.1) is 5.92 Å². The predicted octanol–water partition coefficient (Wildman–Crippen LogP) is 0.544. The molecule has 2 N–H and O–H groups in total. The predicted molar refractivity (Wildman–Crippen MR) is 77.2 cm³/mol. The molecule has 122 valence electrons. The van der Waals surface area contributed by atoms with Gasteiger partial charge in [-0.2, -0.15) is 0 Å². The van der Waals surface area contributed by atoms with Crippen LogP contribution in [0.5, 0.6) is 0 Å². The Morgan fingerprint density at radius 2 is 1.90 bits per heavy atom. The maximum absolute atomic E-state index is 11.9. The number of hydrogen-bond acceptors (Lipinski definition) is 6. The van der Waals surface area contributed by atoms with Gasteiger partial charge in [0.15, 0.2) is 0 Å². The highest BCUT2D eigenvalue weighted by atomic mass is 35.5. The zero-order valence-electron chi connectivity index (χ0n) is 12.8. The van der Waals surface area contributed by atoms with E-state index in [0.29, 0.717) is 19.7 Å². The molecule has 2 aliphatic heterocycles. The van der Waals surface area contributed by atoms with Crippen molar-refractivity contribution < 1.29 is 23.8 Å². The van der Waals surface area contributed by atoms with Crippen LogP contribution in [0.25, 0.3) is 0 Å². The van der Waals surface area contributed by atoms with E-state index in [1.54, 1.807) is 20.8 Å². The molecule has 0 saturated carbocycles. The van der Waals surface area contributed by atoms with Crippen LogP contribution in [0.1, 0.15) is 20.8 Å². The van der Waals surface area contributed by atoms with Crippen molar-refractivity contribution in [3.63, 3.8) is 0 Å².